The predicted octanol–water partition coefficient (Wildman–Crippen LogP) is 2.35. The first-order valence-corrected chi connectivity index (χ1v) is 6.95. The summed E-state index contributed by atoms with van der Waals surface area (Å²) in [6.07, 6.45) is 8.06. The SMILES string of the molecule is COC1CCCC(n2cc(CCBr)nn2)C1. The lowest BCUT2D eigenvalue weighted by molar-refractivity contribution is 0.0504. The molecule has 2 atom stereocenters. The fourth-order valence-electron chi connectivity index (χ4n) is 2.28. The molecule has 2 rings (SSSR count). The van der Waals surface area contributed by atoms with Crippen molar-refractivity contribution >= 4 is 15.9 Å². The summed E-state index contributed by atoms with van der Waals surface area (Å²) in [5, 5.41) is 9.33. The molecule has 0 N–H and O–H groups in total. The largest absolute Gasteiger partial charge is 0.381 e. The smallest absolute Gasteiger partial charge is 0.0835 e. The molecule has 1 aromatic heterocycles. The summed E-state index contributed by atoms with van der Waals surface area (Å²) >= 11 is 3.42. The van der Waals surface area contributed by atoms with Crippen molar-refractivity contribution in [2.45, 2.75) is 44.2 Å². The summed E-state index contributed by atoms with van der Waals surface area (Å²) in [5.74, 6) is 0. The Morgan fingerprint density at radius 1 is 1.56 bits per heavy atom. The van der Waals surface area contributed by atoms with E-state index in [1.54, 1.807) is 7.11 Å². The van der Waals surface area contributed by atoms with E-state index in [1.807, 2.05) is 4.68 Å². The molecular weight excluding hydrogens is 270 g/mol. The first-order valence-electron chi connectivity index (χ1n) is 5.83. The predicted molar refractivity (Wildman–Crippen MR) is 65.8 cm³/mol. The fraction of sp³-hybridized carbons (Fsp3) is 0.818. The van der Waals surface area contributed by atoms with Gasteiger partial charge in [0.15, 0.2) is 0 Å². The Morgan fingerprint density at radius 2 is 2.44 bits per heavy atom. The Balaban J connectivity index is 1.99. The van der Waals surface area contributed by atoms with Crippen molar-refractivity contribution in [2.24, 2.45) is 0 Å². The number of rotatable bonds is 4. The third-order valence-electron chi connectivity index (χ3n) is 3.21. The highest BCUT2D eigenvalue weighted by Crippen LogP contribution is 2.29. The molecule has 0 aromatic carbocycles. The lowest BCUT2D eigenvalue weighted by atomic mass is 9.93. The van der Waals surface area contributed by atoms with Gasteiger partial charge in [0.05, 0.1) is 17.8 Å². The van der Waals surface area contributed by atoms with E-state index in [1.165, 1.54) is 19.3 Å². The van der Waals surface area contributed by atoms with Crippen molar-refractivity contribution in [3.8, 4) is 0 Å². The number of aryl methyl sites for hydroxylation is 1. The standard InChI is InChI=1S/C11H18BrN3O/c1-16-11-4-2-3-10(7-11)15-8-9(5-6-12)13-14-15/h8,10-11H,2-7H2,1H3. The van der Waals surface area contributed by atoms with E-state index in [0.29, 0.717) is 12.1 Å². The molecule has 0 aliphatic heterocycles. The van der Waals surface area contributed by atoms with Crippen LogP contribution in [0.3, 0.4) is 0 Å². The highest BCUT2D eigenvalue weighted by Gasteiger charge is 2.23. The van der Waals surface area contributed by atoms with E-state index in [4.69, 9.17) is 4.74 Å². The van der Waals surface area contributed by atoms with Crippen molar-refractivity contribution < 1.29 is 4.74 Å². The molecule has 1 fully saturated rings. The van der Waals surface area contributed by atoms with Gasteiger partial charge in [-0.3, -0.25) is 0 Å². The van der Waals surface area contributed by atoms with Crippen LogP contribution in [0, 0.1) is 0 Å². The molecule has 4 nitrogen and oxygen atoms in total. The molecule has 2 unspecified atom stereocenters. The number of aromatic nitrogens is 3. The molecular formula is C11H18BrN3O. The fourth-order valence-corrected chi connectivity index (χ4v) is 2.68. The van der Waals surface area contributed by atoms with Crippen LogP contribution >= 0.6 is 15.9 Å². The number of ether oxygens (including phenoxy) is 1. The molecule has 90 valence electrons. The number of alkyl halides is 1. The second-order valence-corrected chi connectivity index (χ2v) is 5.10. The van der Waals surface area contributed by atoms with Gasteiger partial charge in [-0.05, 0) is 25.7 Å². The van der Waals surface area contributed by atoms with Gasteiger partial charge in [0.25, 0.3) is 0 Å². The molecule has 5 heteroatoms. The third kappa shape index (κ3) is 2.83. The monoisotopic (exact) mass is 287 g/mol. The molecule has 0 spiro atoms. The van der Waals surface area contributed by atoms with E-state index in [0.717, 1.165) is 23.9 Å². The Morgan fingerprint density at radius 3 is 3.19 bits per heavy atom. The van der Waals surface area contributed by atoms with Crippen molar-refractivity contribution in [3.63, 3.8) is 0 Å². The van der Waals surface area contributed by atoms with Gasteiger partial charge in [-0.1, -0.05) is 21.1 Å². The average molecular weight is 288 g/mol. The summed E-state index contributed by atoms with van der Waals surface area (Å²) in [5.41, 5.74) is 1.07. The summed E-state index contributed by atoms with van der Waals surface area (Å²) < 4.78 is 7.45. The molecule has 0 amide bonds. The minimum Gasteiger partial charge on any atom is -0.381 e. The van der Waals surface area contributed by atoms with Crippen LogP contribution in [0.4, 0.5) is 0 Å². The van der Waals surface area contributed by atoms with Crippen LogP contribution in [0.25, 0.3) is 0 Å². The third-order valence-corrected chi connectivity index (χ3v) is 3.61. The van der Waals surface area contributed by atoms with E-state index in [9.17, 15) is 0 Å². The zero-order valence-electron chi connectivity index (χ0n) is 9.60. The lowest BCUT2D eigenvalue weighted by Gasteiger charge is -2.27. The number of methoxy groups -OCH3 is 1. The number of hydrogen-bond donors (Lipinski definition) is 0. The van der Waals surface area contributed by atoms with Gasteiger partial charge in [0.1, 0.15) is 0 Å². The van der Waals surface area contributed by atoms with Crippen LogP contribution in [0.15, 0.2) is 6.20 Å². The van der Waals surface area contributed by atoms with Crippen LogP contribution in [-0.2, 0) is 11.2 Å². The maximum atomic E-state index is 5.43. The van der Waals surface area contributed by atoms with Crippen LogP contribution in [0.2, 0.25) is 0 Å². The van der Waals surface area contributed by atoms with E-state index >= 15 is 0 Å². The highest BCUT2D eigenvalue weighted by molar-refractivity contribution is 9.09. The number of nitrogens with zero attached hydrogens (tertiary/aromatic N) is 3. The van der Waals surface area contributed by atoms with Gasteiger partial charge < -0.3 is 4.74 Å². The molecule has 16 heavy (non-hydrogen) atoms. The zero-order valence-corrected chi connectivity index (χ0v) is 11.2. The van der Waals surface area contributed by atoms with Crippen molar-refractivity contribution in [2.75, 3.05) is 12.4 Å². The van der Waals surface area contributed by atoms with E-state index in [2.05, 4.69) is 32.4 Å². The molecule has 1 aliphatic rings. The normalized spacial score (nSPS) is 25.9. The van der Waals surface area contributed by atoms with Gasteiger partial charge in [-0.15, -0.1) is 5.10 Å². The molecule has 1 heterocycles. The Bertz CT molecular complexity index is 329. The van der Waals surface area contributed by atoms with E-state index < -0.39 is 0 Å². The van der Waals surface area contributed by atoms with Gasteiger partial charge in [0.2, 0.25) is 0 Å². The minimum absolute atomic E-state index is 0.391. The maximum Gasteiger partial charge on any atom is 0.0835 e. The van der Waals surface area contributed by atoms with Crippen molar-refractivity contribution in [1.82, 2.24) is 15.0 Å². The second-order valence-electron chi connectivity index (χ2n) is 4.31. The van der Waals surface area contributed by atoms with Crippen LogP contribution in [0.5, 0.6) is 0 Å². The van der Waals surface area contributed by atoms with Crippen LogP contribution < -0.4 is 0 Å². The van der Waals surface area contributed by atoms with Crippen molar-refractivity contribution in [1.29, 1.82) is 0 Å². The quantitative estimate of drug-likeness (QED) is 0.798. The topological polar surface area (TPSA) is 39.9 Å². The molecule has 0 radical (unpaired) electrons. The molecule has 0 bridgehead atoms. The van der Waals surface area contributed by atoms with E-state index in [-0.39, 0.29) is 0 Å². The Labute approximate surface area is 104 Å². The average Bonchev–Trinajstić information content (AvgIpc) is 2.78. The maximum absolute atomic E-state index is 5.43. The molecule has 1 aliphatic carbocycles. The van der Waals surface area contributed by atoms with Crippen molar-refractivity contribution in [3.05, 3.63) is 11.9 Å². The summed E-state index contributed by atoms with van der Waals surface area (Å²) in [6.45, 7) is 0. The lowest BCUT2D eigenvalue weighted by Crippen LogP contribution is -2.24. The summed E-state index contributed by atoms with van der Waals surface area (Å²) in [4.78, 5) is 0. The first-order chi connectivity index (χ1) is 7.83. The van der Waals surface area contributed by atoms with Gasteiger partial charge in [-0.25, -0.2) is 4.68 Å². The minimum atomic E-state index is 0.391. The first kappa shape index (κ1) is 12.0. The van der Waals surface area contributed by atoms with Crippen LogP contribution in [0.1, 0.15) is 37.4 Å². The highest BCUT2D eigenvalue weighted by atomic mass is 79.9. The van der Waals surface area contributed by atoms with Gasteiger partial charge in [0, 0.05) is 25.1 Å². The second kappa shape index (κ2) is 5.77. The zero-order chi connectivity index (χ0) is 11.4. The van der Waals surface area contributed by atoms with Crippen LogP contribution in [-0.4, -0.2) is 33.5 Å². The molecule has 0 saturated heterocycles. The number of hydrogen-bond acceptors (Lipinski definition) is 3. The van der Waals surface area contributed by atoms with Gasteiger partial charge >= 0.3 is 0 Å². The Kier molecular flexibility index (Phi) is 4.35. The van der Waals surface area contributed by atoms with Gasteiger partial charge in [-0.2, -0.15) is 0 Å². The molecule has 1 saturated carbocycles. The Hall–Kier alpha value is -0.420. The summed E-state index contributed by atoms with van der Waals surface area (Å²) in [7, 11) is 1.80. The summed E-state index contributed by atoms with van der Waals surface area (Å²) in [6, 6.07) is 0.468. The number of halogens is 1. The molecule has 1 aromatic rings.